The first-order valence-corrected chi connectivity index (χ1v) is 4.81. The lowest BCUT2D eigenvalue weighted by Gasteiger charge is -2.00. The first kappa shape index (κ1) is 9.43. The van der Waals surface area contributed by atoms with Crippen molar-refractivity contribution >= 4 is 12.4 Å². The fourth-order valence-electron chi connectivity index (χ4n) is 1.44. The standard InChI is InChI=1S/C10H20N2/c1-10(2)5-4-6-12-8-7-11(3)9-12/h7-8,10H,4-6,9H2,1-3H3/q+2. The highest BCUT2D eigenvalue weighted by Gasteiger charge is 2.14. The minimum atomic E-state index is 0.842. The van der Waals surface area contributed by atoms with Crippen molar-refractivity contribution in [2.45, 2.75) is 26.7 Å². The quantitative estimate of drug-likeness (QED) is 0.556. The second-order valence-corrected chi connectivity index (χ2v) is 4.05. The van der Waals surface area contributed by atoms with Gasteiger partial charge in [-0.1, -0.05) is 13.8 Å². The van der Waals surface area contributed by atoms with Crippen molar-refractivity contribution in [2.24, 2.45) is 5.92 Å². The second-order valence-electron chi connectivity index (χ2n) is 4.05. The van der Waals surface area contributed by atoms with Gasteiger partial charge >= 0.3 is 6.67 Å². The summed E-state index contributed by atoms with van der Waals surface area (Å²) in [7, 11) is 2.11. The van der Waals surface area contributed by atoms with E-state index in [0.29, 0.717) is 0 Å². The fourth-order valence-corrected chi connectivity index (χ4v) is 1.44. The Hall–Kier alpha value is -0.660. The third kappa shape index (κ3) is 3.16. The van der Waals surface area contributed by atoms with E-state index >= 15 is 0 Å². The van der Waals surface area contributed by atoms with E-state index in [-0.39, 0.29) is 0 Å². The van der Waals surface area contributed by atoms with E-state index in [9.17, 15) is 0 Å². The van der Waals surface area contributed by atoms with Gasteiger partial charge < -0.3 is 0 Å². The van der Waals surface area contributed by atoms with Gasteiger partial charge in [-0.25, -0.2) is 0 Å². The fraction of sp³-hybridized carbons (Fsp3) is 0.800. The molecule has 0 aromatic carbocycles. The van der Waals surface area contributed by atoms with Crippen LogP contribution in [0, 0.1) is 5.92 Å². The summed E-state index contributed by atoms with van der Waals surface area (Å²) < 4.78 is 4.57. The Balaban J connectivity index is 2.10. The highest BCUT2D eigenvalue weighted by Crippen LogP contribution is 2.03. The van der Waals surface area contributed by atoms with Crippen LogP contribution in [0.3, 0.4) is 0 Å². The van der Waals surface area contributed by atoms with Crippen LogP contribution < -0.4 is 0 Å². The summed E-state index contributed by atoms with van der Waals surface area (Å²) in [6.45, 7) is 6.84. The van der Waals surface area contributed by atoms with Crippen molar-refractivity contribution in [3.8, 4) is 0 Å². The molecule has 1 heterocycles. The van der Waals surface area contributed by atoms with E-state index in [4.69, 9.17) is 0 Å². The largest absolute Gasteiger partial charge is 0.334 e. The molecule has 0 aliphatic carbocycles. The Morgan fingerprint density at radius 3 is 2.58 bits per heavy atom. The second kappa shape index (κ2) is 4.39. The van der Waals surface area contributed by atoms with Gasteiger partial charge in [-0.15, -0.1) is 0 Å². The van der Waals surface area contributed by atoms with Crippen LogP contribution in [0.4, 0.5) is 0 Å². The molecular formula is C10H20N2+2. The molecule has 0 N–H and O–H groups in total. The molecule has 0 spiro atoms. The van der Waals surface area contributed by atoms with Crippen LogP contribution in [0.2, 0.25) is 0 Å². The summed E-state index contributed by atoms with van der Waals surface area (Å²) >= 11 is 0. The van der Waals surface area contributed by atoms with Gasteiger partial charge in [-0.2, -0.15) is 9.15 Å². The average Bonchev–Trinajstić information content (AvgIpc) is 2.35. The molecule has 0 aromatic heterocycles. The lowest BCUT2D eigenvalue weighted by atomic mass is 10.1. The van der Waals surface area contributed by atoms with Crippen LogP contribution in [0.25, 0.3) is 0 Å². The molecule has 12 heavy (non-hydrogen) atoms. The topological polar surface area (TPSA) is 6.02 Å². The first-order chi connectivity index (χ1) is 5.68. The Bertz CT molecular complexity index is 202. The molecular weight excluding hydrogens is 148 g/mol. The molecule has 0 saturated carbocycles. The maximum absolute atomic E-state index is 2.36. The Kier molecular flexibility index (Phi) is 3.45. The number of hydrogen-bond acceptors (Lipinski definition) is 0. The molecule has 0 radical (unpaired) electrons. The molecule has 0 saturated heterocycles. The van der Waals surface area contributed by atoms with Crippen LogP contribution in [0.1, 0.15) is 26.7 Å². The molecule has 68 valence electrons. The number of nitrogens with zero attached hydrogens (tertiary/aromatic N) is 2. The Labute approximate surface area is 75.2 Å². The Morgan fingerprint density at radius 2 is 2.08 bits per heavy atom. The van der Waals surface area contributed by atoms with E-state index < -0.39 is 0 Å². The van der Waals surface area contributed by atoms with Crippen LogP contribution >= 0.6 is 0 Å². The van der Waals surface area contributed by atoms with Crippen molar-refractivity contribution in [3.05, 3.63) is 0 Å². The average molecular weight is 168 g/mol. The van der Waals surface area contributed by atoms with Crippen LogP contribution in [0.5, 0.6) is 0 Å². The van der Waals surface area contributed by atoms with Gasteiger partial charge in [0.2, 0.25) is 12.4 Å². The van der Waals surface area contributed by atoms with Gasteiger partial charge in [-0.3, -0.25) is 0 Å². The highest BCUT2D eigenvalue weighted by atomic mass is 15.2. The lowest BCUT2D eigenvalue weighted by molar-refractivity contribution is -0.699. The van der Waals surface area contributed by atoms with Gasteiger partial charge in [0.15, 0.2) is 0 Å². The minimum Gasteiger partial charge on any atom is -0.176 e. The molecule has 0 aromatic rings. The third-order valence-electron chi connectivity index (χ3n) is 2.16. The van der Waals surface area contributed by atoms with Crippen LogP contribution in [0.15, 0.2) is 0 Å². The molecule has 0 unspecified atom stereocenters. The van der Waals surface area contributed by atoms with Gasteiger partial charge in [-0.05, 0) is 12.3 Å². The molecule has 0 atom stereocenters. The normalized spacial score (nSPS) is 16.7. The molecule has 0 amide bonds. The zero-order valence-corrected chi connectivity index (χ0v) is 8.45. The van der Waals surface area contributed by atoms with Gasteiger partial charge in [0.25, 0.3) is 0 Å². The minimum absolute atomic E-state index is 0.842. The van der Waals surface area contributed by atoms with Crippen molar-refractivity contribution in [2.75, 3.05) is 20.3 Å². The number of rotatable bonds is 4. The van der Waals surface area contributed by atoms with E-state index in [0.717, 1.165) is 12.6 Å². The predicted octanol–water partition coefficient (Wildman–Crippen LogP) is 1.19. The zero-order chi connectivity index (χ0) is 8.97. The summed E-state index contributed by atoms with van der Waals surface area (Å²) in [6, 6.07) is 0. The van der Waals surface area contributed by atoms with Crippen molar-refractivity contribution < 1.29 is 9.15 Å². The summed E-state index contributed by atoms with van der Waals surface area (Å²) in [5.74, 6) is 0.842. The third-order valence-corrected chi connectivity index (χ3v) is 2.16. The monoisotopic (exact) mass is 168 g/mol. The summed E-state index contributed by atoms with van der Waals surface area (Å²) in [5, 5.41) is 0. The molecule has 2 heteroatoms. The van der Waals surface area contributed by atoms with Crippen molar-refractivity contribution in [3.63, 3.8) is 0 Å². The summed E-state index contributed by atoms with van der Waals surface area (Å²) in [4.78, 5) is 0. The molecule has 0 bridgehead atoms. The first-order valence-electron chi connectivity index (χ1n) is 4.81. The van der Waals surface area contributed by atoms with Crippen LogP contribution in [-0.2, 0) is 0 Å². The van der Waals surface area contributed by atoms with Crippen molar-refractivity contribution in [1.29, 1.82) is 0 Å². The van der Waals surface area contributed by atoms with E-state index in [1.54, 1.807) is 0 Å². The molecule has 2 nitrogen and oxygen atoms in total. The molecule has 1 rings (SSSR count). The van der Waals surface area contributed by atoms with Gasteiger partial charge in [0.1, 0.15) is 13.6 Å². The molecule has 0 fully saturated rings. The van der Waals surface area contributed by atoms with E-state index in [1.807, 2.05) is 0 Å². The van der Waals surface area contributed by atoms with Crippen molar-refractivity contribution in [1.82, 2.24) is 0 Å². The SMILES string of the molecule is CC(C)CCC[N+]1=CC=[N+](C)C1. The molecule has 1 aliphatic heterocycles. The maximum atomic E-state index is 2.36. The predicted molar refractivity (Wildman–Crippen MR) is 52.4 cm³/mol. The zero-order valence-electron chi connectivity index (χ0n) is 8.45. The highest BCUT2D eigenvalue weighted by molar-refractivity contribution is 6.11. The Morgan fingerprint density at radius 1 is 1.33 bits per heavy atom. The summed E-state index contributed by atoms with van der Waals surface area (Å²) in [6.07, 6.45) is 6.97. The maximum Gasteiger partial charge on any atom is 0.334 e. The number of hydrogen-bond donors (Lipinski definition) is 0. The van der Waals surface area contributed by atoms with E-state index in [2.05, 4.69) is 42.5 Å². The summed E-state index contributed by atoms with van der Waals surface area (Å²) in [5.41, 5.74) is 0. The lowest BCUT2D eigenvalue weighted by Crippen LogP contribution is -2.17. The van der Waals surface area contributed by atoms with Crippen LogP contribution in [-0.4, -0.2) is 41.8 Å². The smallest absolute Gasteiger partial charge is 0.176 e. The molecule has 1 aliphatic rings. The van der Waals surface area contributed by atoms with Gasteiger partial charge in [0, 0.05) is 6.42 Å². The van der Waals surface area contributed by atoms with Gasteiger partial charge in [0.05, 0.1) is 0 Å². The van der Waals surface area contributed by atoms with E-state index in [1.165, 1.54) is 19.4 Å².